The van der Waals surface area contributed by atoms with Crippen molar-refractivity contribution >= 4 is 17.7 Å². The number of thioether (sulfide) groups is 1. The predicted octanol–water partition coefficient (Wildman–Crippen LogP) is 1.24. The maximum Gasteiger partial charge on any atom is 0.220 e. The number of carbonyl (C=O) groups excluding carboxylic acids is 1. The fraction of sp³-hybridized carbons (Fsp3) is 0.364. The van der Waals surface area contributed by atoms with Gasteiger partial charge >= 0.3 is 0 Å². The van der Waals surface area contributed by atoms with Crippen molar-refractivity contribution in [2.24, 2.45) is 5.73 Å². The molecule has 0 aromatic heterocycles. The topological polar surface area (TPSA) is 55.1 Å². The third kappa shape index (κ3) is 5.44. The van der Waals surface area contributed by atoms with E-state index in [1.165, 1.54) is 4.90 Å². The molecule has 15 heavy (non-hydrogen) atoms. The number of nitrogens with two attached hydrogens (primary N) is 1. The lowest BCUT2D eigenvalue weighted by molar-refractivity contribution is -0.120. The van der Waals surface area contributed by atoms with Crippen molar-refractivity contribution in [3.63, 3.8) is 0 Å². The van der Waals surface area contributed by atoms with E-state index >= 15 is 0 Å². The van der Waals surface area contributed by atoms with Crippen molar-refractivity contribution in [3.8, 4) is 0 Å². The monoisotopic (exact) mass is 224 g/mol. The molecule has 0 heterocycles. The van der Waals surface area contributed by atoms with E-state index in [4.69, 9.17) is 5.73 Å². The minimum Gasteiger partial charge on any atom is -0.355 e. The molecule has 82 valence electrons. The Balaban J connectivity index is 2.14. The second-order valence-corrected chi connectivity index (χ2v) is 4.22. The lowest BCUT2D eigenvalue weighted by atomic mass is 10.4. The number of nitrogens with one attached hydrogen (secondary N) is 1. The van der Waals surface area contributed by atoms with Crippen LogP contribution in [0.1, 0.15) is 6.42 Å². The van der Waals surface area contributed by atoms with Crippen LogP contribution in [-0.2, 0) is 4.79 Å². The van der Waals surface area contributed by atoms with Gasteiger partial charge in [-0.2, -0.15) is 0 Å². The third-order valence-corrected chi connectivity index (χ3v) is 2.82. The Kier molecular flexibility index (Phi) is 5.88. The second kappa shape index (κ2) is 7.31. The lowest BCUT2D eigenvalue weighted by Crippen LogP contribution is -2.29. The minimum absolute atomic E-state index is 0.0730. The van der Waals surface area contributed by atoms with Gasteiger partial charge in [-0.05, 0) is 12.1 Å². The van der Waals surface area contributed by atoms with Crippen molar-refractivity contribution in [1.29, 1.82) is 0 Å². The molecule has 0 bridgehead atoms. The molecular formula is C11H16N2OS. The van der Waals surface area contributed by atoms with Gasteiger partial charge in [0.1, 0.15) is 0 Å². The summed E-state index contributed by atoms with van der Waals surface area (Å²) in [6, 6.07) is 10.1. The molecule has 0 spiro atoms. The van der Waals surface area contributed by atoms with Crippen molar-refractivity contribution in [2.45, 2.75) is 11.3 Å². The molecule has 0 radical (unpaired) electrons. The van der Waals surface area contributed by atoms with E-state index in [1.807, 2.05) is 30.3 Å². The first-order valence-electron chi connectivity index (χ1n) is 4.97. The van der Waals surface area contributed by atoms with Crippen molar-refractivity contribution in [1.82, 2.24) is 5.32 Å². The van der Waals surface area contributed by atoms with Crippen LogP contribution in [0.25, 0.3) is 0 Å². The Morgan fingerprint density at radius 2 is 2.07 bits per heavy atom. The van der Waals surface area contributed by atoms with Crippen LogP contribution in [0.15, 0.2) is 35.2 Å². The lowest BCUT2D eigenvalue weighted by Gasteiger charge is -2.03. The average molecular weight is 224 g/mol. The number of amides is 1. The molecule has 1 amide bonds. The molecule has 0 atom stereocenters. The van der Waals surface area contributed by atoms with Gasteiger partial charge in [0.15, 0.2) is 0 Å². The molecule has 4 heteroatoms. The Bertz CT molecular complexity index is 290. The summed E-state index contributed by atoms with van der Waals surface area (Å²) in [7, 11) is 0. The zero-order chi connectivity index (χ0) is 10.9. The van der Waals surface area contributed by atoms with Crippen molar-refractivity contribution in [2.75, 3.05) is 18.8 Å². The molecule has 3 nitrogen and oxygen atoms in total. The van der Waals surface area contributed by atoms with Gasteiger partial charge in [0.05, 0.1) is 0 Å². The maximum atomic E-state index is 11.2. The Hall–Kier alpha value is -1.00. The maximum absolute atomic E-state index is 11.2. The first kappa shape index (κ1) is 12.1. The van der Waals surface area contributed by atoms with Crippen LogP contribution >= 0.6 is 11.8 Å². The summed E-state index contributed by atoms with van der Waals surface area (Å²) < 4.78 is 0. The van der Waals surface area contributed by atoms with Gasteiger partial charge in [0.25, 0.3) is 0 Å². The van der Waals surface area contributed by atoms with Crippen LogP contribution in [0.4, 0.5) is 0 Å². The van der Waals surface area contributed by atoms with Crippen molar-refractivity contribution < 1.29 is 4.79 Å². The summed E-state index contributed by atoms with van der Waals surface area (Å²) in [6.45, 7) is 1.06. The van der Waals surface area contributed by atoms with Crippen LogP contribution in [0.2, 0.25) is 0 Å². The molecule has 1 aromatic rings. The number of hydrogen-bond donors (Lipinski definition) is 2. The highest BCUT2D eigenvalue weighted by Gasteiger charge is 2.00. The highest BCUT2D eigenvalue weighted by Crippen LogP contribution is 2.17. The van der Waals surface area contributed by atoms with Gasteiger partial charge < -0.3 is 11.1 Å². The molecule has 0 aliphatic heterocycles. The molecule has 0 aliphatic carbocycles. The summed E-state index contributed by atoms with van der Waals surface area (Å²) in [6.07, 6.45) is 0.541. The van der Waals surface area contributed by atoms with Crippen LogP contribution in [-0.4, -0.2) is 24.7 Å². The van der Waals surface area contributed by atoms with E-state index in [-0.39, 0.29) is 5.91 Å². The molecular weight excluding hydrogens is 208 g/mol. The normalized spacial score (nSPS) is 9.93. The molecule has 0 fully saturated rings. The van der Waals surface area contributed by atoms with Gasteiger partial charge in [-0.1, -0.05) is 18.2 Å². The van der Waals surface area contributed by atoms with Gasteiger partial charge in [-0.3, -0.25) is 4.79 Å². The molecule has 0 saturated heterocycles. The van der Waals surface area contributed by atoms with Gasteiger partial charge in [-0.25, -0.2) is 0 Å². The smallest absolute Gasteiger partial charge is 0.220 e. The molecule has 0 unspecified atom stereocenters. The molecule has 3 N–H and O–H groups in total. The number of benzene rings is 1. The largest absolute Gasteiger partial charge is 0.355 e. The zero-order valence-corrected chi connectivity index (χ0v) is 9.43. The van der Waals surface area contributed by atoms with Crippen LogP contribution in [0.5, 0.6) is 0 Å². The summed E-state index contributed by atoms with van der Waals surface area (Å²) in [5, 5.41) is 2.74. The van der Waals surface area contributed by atoms with E-state index in [0.29, 0.717) is 19.5 Å². The van der Waals surface area contributed by atoms with Gasteiger partial charge in [0.2, 0.25) is 5.91 Å². The molecule has 0 saturated carbocycles. The fourth-order valence-corrected chi connectivity index (χ4v) is 1.95. The van der Waals surface area contributed by atoms with E-state index in [0.717, 1.165) is 5.75 Å². The van der Waals surface area contributed by atoms with Crippen LogP contribution in [0.3, 0.4) is 0 Å². The van der Waals surface area contributed by atoms with Gasteiger partial charge in [0, 0.05) is 30.2 Å². The quantitative estimate of drug-likeness (QED) is 0.715. The summed E-state index contributed by atoms with van der Waals surface area (Å²) >= 11 is 1.69. The molecule has 1 rings (SSSR count). The Morgan fingerprint density at radius 1 is 1.33 bits per heavy atom. The highest BCUT2D eigenvalue weighted by atomic mass is 32.2. The number of hydrogen-bond acceptors (Lipinski definition) is 3. The van der Waals surface area contributed by atoms with Crippen LogP contribution < -0.4 is 11.1 Å². The van der Waals surface area contributed by atoms with Crippen LogP contribution in [0, 0.1) is 0 Å². The molecule has 1 aromatic carbocycles. The second-order valence-electron chi connectivity index (χ2n) is 3.05. The third-order valence-electron chi connectivity index (χ3n) is 1.81. The Labute approximate surface area is 94.4 Å². The zero-order valence-electron chi connectivity index (χ0n) is 8.61. The first-order chi connectivity index (χ1) is 7.33. The standard InChI is InChI=1S/C11H16N2OS/c12-7-8-13-11(14)6-9-15-10-4-2-1-3-5-10/h1-5H,6-9,12H2,(H,13,14). The van der Waals surface area contributed by atoms with E-state index in [2.05, 4.69) is 5.32 Å². The molecule has 0 aliphatic rings. The minimum atomic E-state index is 0.0730. The summed E-state index contributed by atoms with van der Waals surface area (Å²) in [5.74, 6) is 0.879. The number of carbonyl (C=O) groups is 1. The highest BCUT2D eigenvalue weighted by molar-refractivity contribution is 7.99. The summed E-state index contributed by atoms with van der Waals surface area (Å²) in [4.78, 5) is 12.4. The van der Waals surface area contributed by atoms with E-state index < -0.39 is 0 Å². The van der Waals surface area contributed by atoms with E-state index in [9.17, 15) is 4.79 Å². The summed E-state index contributed by atoms with van der Waals surface area (Å²) in [5.41, 5.74) is 5.28. The van der Waals surface area contributed by atoms with E-state index in [1.54, 1.807) is 11.8 Å². The Morgan fingerprint density at radius 3 is 2.73 bits per heavy atom. The SMILES string of the molecule is NCCNC(=O)CCSc1ccccc1. The first-order valence-corrected chi connectivity index (χ1v) is 5.96. The average Bonchev–Trinajstić information content (AvgIpc) is 2.28. The predicted molar refractivity (Wildman–Crippen MR) is 63.8 cm³/mol. The van der Waals surface area contributed by atoms with Gasteiger partial charge in [-0.15, -0.1) is 11.8 Å². The number of rotatable bonds is 6. The van der Waals surface area contributed by atoms with Crippen molar-refractivity contribution in [3.05, 3.63) is 30.3 Å². The fourth-order valence-electron chi connectivity index (χ4n) is 1.08.